The standard InChI is InChI=1S/C15H21N5O2/c1-11-17-14-6-5-12(9-20(14)18-11)16-8-15(21)19(2)10-13-4-3-7-22-13/h3-4,7,12,16H,5-6,8-10H2,1-2H3/t12-/m0/s1. The third-order valence-corrected chi connectivity index (χ3v) is 3.90. The number of amides is 1. The molecule has 3 heterocycles. The molecule has 0 aliphatic carbocycles. The minimum atomic E-state index is 0.0527. The van der Waals surface area contributed by atoms with Crippen molar-refractivity contribution < 1.29 is 9.21 Å². The molecule has 118 valence electrons. The summed E-state index contributed by atoms with van der Waals surface area (Å²) in [7, 11) is 1.78. The average Bonchev–Trinajstić information content (AvgIpc) is 3.12. The fraction of sp³-hybridized carbons (Fsp3) is 0.533. The minimum Gasteiger partial charge on any atom is -0.467 e. The van der Waals surface area contributed by atoms with Crippen LogP contribution in [0.2, 0.25) is 0 Å². The number of hydrogen-bond acceptors (Lipinski definition) is 5. The van der Waals surface area contributed by atoms with E-state index in [2.05, 4.69) is 15.4 Å². The summed E-state index contributed by atoms with van der Waals surface area (Å²) in [5, 5.41) is 7.69. The van der Waals surface area contributed by atoms with Crippen LogP contribution in [0.15, 0.2) is 22.8 Å². The highest BCUT2D eigenvalue weighted by atomic mass is 16.3. The lowest BCUT2D eigenvalue weighted by atomic mass is 10.1. The Morgan fingerprint density at radius 1 is 1.59 bits per heavy atom. The summed E-state index contributed by atoms with van der Waals surface area (Å²) < 4.78 is 7.20. The quantitative estimate of drug-likeness (QED) is 0.882. The lowest BCUT2D eigenvalue weighted by Crippen LogP contribution is -2.43. The molecule has 0 saturated heterocycles. The topological polar surface area (TPSA) is 76.2 Å². The second-order valence-electron chi connectivity index (χ2n) is 5.70. The highest BCUT2D eigenvalue weighted by molar-refractivity contribution is 5.77. The van der Waals surface area contributed by atoms with Gasteiger partial charge in [0.15, 0.2) is 0 Å². The largest absolute Gasteiger partial charge is 0.467 e. The van der Waals surface area contributed by atoms with Crippen molar-refractivity contribution in [1.29, 1.82) is 0 Å². The second-order valence-corrected chi connectivity index (χ2v) is 5.70. The van der Waals surface area contributed by atoms with E-state index in [9.17, 15) is 4.79 Å². The molecule has 0 radical (unpaired) electrons. The van der Waals surface area contributed by atoms with Crippen LogP contribution in [0, 0.1) is 6.92 Å². The fourth-order valence-electron chi connectivity index (χ4n) is 2.69. The summed E-state index contributed by atoms with van der Waals surface area (Å²) >= 11 is 0. The van der Waals surface area contributed by atoms with Gasteiger partial charge in [-0.2, -0.15) is 5.10 Å². The maximum atomic E-state index is 12.1. The van der Waals surface area contributed by atoms with Crippen molar-refractivity contribution in [1.82, 2.24) is 25.0 Å². The number of rotatable bonds is 5. The zero-order valence-electron chi connectivity index (χ0n) is 13.0. The SMILES string of the molecule is Cc1nc2n(n1)C[C@@H](NCC(=O)N(C)Cc1ccco1)CC2. The molecule has 0 spiro atoms. The molecule has 1 atom stereocenters. The number of aryl methyl sites for hydroxylation is 2. The summed E-state index contributed by atoms with van der Waals surface area (Å²) in [5.41, 5.74) is 0. The number of carbonyl (C=O) groups is 1. The van der Waals surface area contributed by atoms with Gasteiger partial charge < -0.3 is 14.6 Å². The van der Waals surface area contributed by atoms with E-state index in [-0.39, 0.29) is 11.9 Å². The Hall–Kier alpha value is -2.15. The first-order valence-electron chi connectivity index (χ1n) is 7.52. The van der Waals surface area contributed by atoms with Crippen LogP contribution in [0.4, 0.5) is 0 Å². The summed E-state index contributed by atoms with van der Waals surface area (Å²) in [6.45, 7) is 3.49. The number of hydrogen-bond donors (Lipinski definition) is 1. The van der Waals surface area contributed by atoms with E-state index in [1.54, 1.807) is 18.2 Å². The minimum absolute atomic E-state index is 0.0527. The van der Waals surface area contributed by atoms with Gasteiger partial charge in [0, 0.05) is 19.5 Å². The van der Waals surface area contributed by atoms with Gasteiger partial charge >= 0.3 is 0 Å². The van der Waals surface area contributed by atoms with E-state index < -0.39 is 0 Å². The summed E-state index contributed by atoms with van der Waals surface area (Å²) in [6.07, 6.45) is 3.49. The molecule has 0 saturated carbocycles. The molecule has 22 heavy (non-hydrogen) atoms. The molecule has 0 aromatic carbocycles. The van der Waals surface area contributed by atoms with Crippen LogP contribution < -0.4 is 5.32 Å². The van der Waals surface area contributed by atoms with Crippen molar-refractivity contribution in [3.63, 3.8) is 0 Å². The third kappa shape index (κ3) is 3.36. The van der Waals surface area contributed by atoms with Gasteiger partial charge in [0.25, 0.3) is 0 Å². The lowest BCUT2D eigenvalue weighted by molar-refractivity contribution is -0.129. The number of likely N-dealkylation sites (N-methyl/N-ethyl adjacent to an activating group) is 1. The van der Waals surface area contributed by atoms with E-state index in [0.29, 0.717) is 13.1 Å². The normalized spacial score (nSPS) is 17.3. The number of nitrogens with one attached hydrogen (secondary N) is 1. The molecule has 3 rings (SSSR count). The van der Waals surface area contributed by atoms with Gasteiger partial charge in [0.05, 0.1) is 25.9 Å². The van der Waals surface area contributed by atoms with Gasteiger partial charge in [-0.05, 0) is 25.5 Å². The number of furan rings is 1. The van der Waals surface area contributed by atoms with Gasteiger partial charge in [0.1, 0.15) is 17.4 Å². The van der Waals surface area contributed by atoms with E-state index >= 15 is 0 Å². The van der Waals surface area contributed by atoms with E-state index in [1.165, 1.54) is 0 Å². The average molecular weight is 303 g/mol. The van der Waals surface area contributed by atoms with E-state index in [0.717, 1.165) is 36.8 Å². The summed E-state index contributed by atoms with van der Waals surface area (Å²) in [5.74, 6) is 2.69. The monoisotopic (exact) mass is 303 g/mol. The molecule has 7 nitrogen and oxygen atoms in total. The van der Waals surface area contributed by atoms with Crippen LogP contribution in [0.25, 0.3) is 0 Å². The van der Waals surface area contributed by atoms with Gasteiger partial charge in [-0.15, -0.1) is 0 Å². The molecule has 1 N–H and O–H groups in total. The molecule has 1 amide bonds. The first-order valence-corrected chi connectivity index (χ1v) is 7.52. The van der Waals surface area contributed by atoms with E-state index in [4.69, 9.17) is 4.42 Å². The highest BCUT2D eigenvalue weighted by Gasteiger charge is 2.21. The maximum absolute atomic E-state index is 12.1. The fourth-order valence-corrected chi connectivity index (χ4v) is 2.69. The molecule has 2 aromatic heterocycles. The molecule has 0 bridgehead atoms. The van der Waals surface area contributed by atoms with Crippen LogP contribution in [0.1, 0.15) is 23.8 Å². The van der Waals surface area contributed by atoms with Crippen molar-refractivity contribution in [2.45, 2.75) is 38.9 Å². The molecular weight excluding hydrogens is 282 g/mol. The van der Waals surface area contributed by atoms with Crippen LogP contribution in [0.5, 0.6) is 0 Å². The Morgan fingerprint density at radius 2 is 2.45 bits per heavy atom. The first-order chi connectivity index (χ1) is 10.6. The van der Waals surface area contributed by atoms with Gasteiger partial charge in [-0.1, -0.05) is 0 Å². The molecule has 1 aliphatic heterocycles. The summed E-state index contributed by atoms with van der Waals surface area (Å²) in [4.78, 5) is 18.2. The predicted molar refractivity (Wildman–Crippen MR) is 80.1 cm³/mol. The third-order valence-electron chi connectivity index (χ3n) is 3.90. The zero-order valence-corrected chi connectivity index (χ0v) is 13.0. The molecule has 1 aliphatic rings. The van der Waals surface area contributed by atoms with Crippen molar-refractivity contribution >= 4 is 5.91 Å². The van der Waals surface area contributed by atoms with Crippen LogP contribution in [-0.2, 0) is 24.3 Å². The molecule has 2 aromatic rings. The number of aromatic nitrogens is 3. The number of fused-ring (bicyclic) bond motifs is 1. The number of carbonyl (C=O) groups excluding carboxylic acids is 1. The Kier molecular flexibility index (Phi) is 4.24. The van der Waals surface area contributed by atoms with Crippen LogP contribution in [0.3, 0.4) is 0 Å². The first kappa shape index (κ1) is 14.8. The lowest BCUT2D eigenvalue weighted by Gasteiger charge is -2.24. The van der Waals surface area contributed by atoms with Gasteiger partial charge in [-0.25, -0.2) is 9.67 Å². The summed E-state index contributed by atoms with van der Waals surface area (Å²) in [6, 6.07) is 3.95. The highest BCUT2D eigenvalue weighted by Crippen LogP contribution is 2.12. The Balaban J connectivity index is 1.47. The van der Waals surface area contributed by atoms with Crippen LogP contribution in [-0.4, -0.2) is 45.2 Å². The zero-order chi connectivity index (χ0) is 15.5. The molecule has 0 fully saturated rings. The second kappa shape index (κ2) is 6.31. The van der Waals surface area contributed by atoms with Crippen molar-refractivity contribution in [3.05, 3.63) is 35.8 Å². The Labute approximate surface area is 129 Å². The predicted octanol–water partition coefficient (Wildman–Crippen LogP) is 0.743. The van der Waals surface area contributed by atoms with Crippen molar-refractivity contribution in [3.8, 4) is 0 Å². The smallest absolute Gasteiger partial charge is 0.236 e. The molecular formula is C15H21N5O2. The van der Waals surface area contributed by atoms with Gasteiger partial charge in [0.2, 0.25) is 5.91 Å². The molecule has 7 heteroatoms. The van der Waals surface area contributed by atoms with Crippen molar-refractivity contribution in [2.24, 2.45) is 0 Å². The Bertz CT molecular complexity index is 634. The number of nitrogens with zero attached hydrogens (tertiary/aromatic N) is 4. The maximum Gasteiger partial charge on any atom is 0.236 e. The van der Waals surface area contributed by atoms with Crippen molar-refractivity contribution in [2.75, 3.05) is 13.6 Å². The molecule has 0 unspecified atom stereocenters. The Morgan fingerprint density at radius 3 is 3.23 bits per heavy atom. The van der Waals surface area contributed by atoms with E-state index in [1.807, 2.05) is 23.7 Å². The van der Waals surface area contributed by atoms with Gasteiger partial charge in [-0.3, -0.25) is 4.79 Å². The van der Waals surface area contributed by atoms with Crippen LogP contribution >= 0.6 is 0 Å².